The SMILES string of the molecule is C=C(/C=C\C(=C/C)C(=O)O)N1CC2(CCN(Cc3cn(C4=CC=CCC4)nc3C/C=C\C(=C/C)OC(F)(F)F)CC2)OC1=O. The maximum atomic E-state index is 12.7. The van der Waals surface area contributed by atoms with Crippen LogP contribution in [-0.2, 0) is 27.2 Å². The molecular weight excluding hydrogens is 577 g/mol. The lowest BCUT2D eigenvalue weighted by atomic mass is 9.91. The molecule has 2 aliphatic heterocycles. The normalized spacial score (nSPS) is 19.7. The number of rotatable bonds is 11. The van der Waals surface area contributed by atoms with E-state index < -0.39 is 24.0 Å². The fourth-order valence-corrected chi connectivity index (χ4v) is 5.32. The van der Waals surface area contributed by atoms with Gasteiger partial charge in [0.05, 0.1) is 17.8 Å². The Morgan fingerprint density at radius 1 is 1.20 bits per heavy atom. The van der Waals surface area contributed by atoms with Gasteiger partial charge in [-0.2, -0.15) is 5.10 Å². The molecule has 44 heavy (non-hydrogen) atoms. The molecule has 1 aliphatic carbocycles. The van der Waals surface area contributed by atoms with E-state index in [1.807, 2.05) is 23.0 Å². The quantitative estimate of drug-likeness (QED) is 0.173. The van der Waals surface area contributed by atoms with Gasteiger partial charge in [0.15, 0.2) is 0 Å². The van der Waals surface area contributed by atoms with E-state index in [2.05, 4.69) is 22.3 Å². The molecule has 4 rings (SSSR count). The highest BCUT2D eigenvalue weighted by Gasteiger charge is 2.47. The van der Waals surface area contributed by atoms with Crippen LogP contribution in [0, 0.1) is 0 Å². The van der Waals surface area contributed by atoms with Crippen LogP contribution in [0.3, 0.4) is 0 Å². The topological polar surface area (TPSA) is 97.1 Å². The van der Waals surface area contributed by atoms with Crippen LogP contribution in [0.2, 0.25) is 0 Å². The van der Waals surface area contributed by atoms with E-state index in [0.717, 1.165) is 29.8 Å². The summed E-state index contributed by atoms with van der Waals surface area (Å²) in [6.07, 6.45) is 14.5. The van der Waals surface area contributed by atoms with Crippen molar-refractivity contribution in [3.8, 4) is 0 Å². The Labute approximate surface area is 254 Å². The monoisotopic (exact) mass is 614 g/mol. The summed E-state index contributed by atoms with van der Waals surface area (Å²) < 4.78 is 49.8. The highest BCUT2D eigenvalue weighted by atomic mass is 19.4. The summed E-state index contributed by atoms with van der Waals surface area (Å²) in [5.41, 5.74) is 2.52. The second-order valence-corrected chi connectivity index (χ2v) is 10.8. The zero-order chi connectivity index (χ0) is 31.9. The number of carboxylic acids is 1. The first kappa shape index (κ1) is 32.6. The van der Waals surface area contributed by atoms with Gasteiger partial charge in [0.1, 0.15) is 11.4 Å². The Kier molecular flexibility index (Phi) is 10.4. The van der Waals surface area contributed by atoms with Gasteiger partial charge in [-0.15, -0.1) is 13.2 Å². The van der Waals surface area contributed by atoms with E-state index in [9.17, 15) is 27.9 Å². The lowest BCUT2D eigenvalue weighted by Gasteiger charge is -2.37. The van der Waals surface area contributed by atoms with Gasteiger partial charge in [-0.05, 0) is 57.1 Å². The summed E-state index contributed by atoms with van der Waals surface area (Å²) in [6, 6.07) is 0. The number of carboxylic acid groups (broad SMARTS) is 1. The Hall–Kier alpha value is -4.32. The fourth-order valence-electron chi connectivity index (χ4n) is 5.32. The smallest absolute Gasteiger partial charge is 0.478 e. The number of nitrogens with zero attached hydrogens (tertiary/aromatic N) is 4. The highest BCUT2D eigenvalue weighted by Crippen LogP contribution is 2.35. The number of alkyl halides is 3. The van der Waals surface area contributed by atoms with E-state index in [4.69, 9.17) is 9.84 Å². The summed E-state index contributed by atoms with van der Waals surface area (Å²) >= 11 is 0. The summed E-state index contributed by atoms with van der Waals surface area (Å²) in [4.78, 5) is 27.7. The molecule has 1 N–H and O–H groups in total. The van der Waals surface area contributed by atoms with Crippen molar-refractivity contribution in [2.45, 2.75) is 64.5 Å². The van der Waals surface area contributed by atoms with Gasteiger partial charge in [0.25, 0.3) is 0 Å². The number of carbonyl (C=O) groups excluding carboxylic acids is 1. The van der Waals surface area contributed by atoms with Crippen molar-refractivity contribution in [3.05, 3.63) is 95.7 Å². The third kappa shape index (κ3) is 8.40. The average Bonchev–Trinajstić information content (AvgIpc) is 3.53. The molecule has 2 saturated heterocycles. The predicted molar refractivity (Wildman–Crippen MR) is 159 cm³/mol. The number of hydrogen-bond acceptors (Lipinski definition) is 6. The maximum absolute atomic E-state index is 12.7. The fraction of sp³-hybridized carbons (Fsp3) is 0.406. The standard InChI is InChI=1S/C32H37F3N4O5/c1-4-24(29(40)41)15-14-23(3)38-22-31(44-30(38)42)16-18-37(19-17-31)20-25-21-39(26-10-7-6-8-11-26)36-28(25)13-9-12-27(5-2)43-32(33,34)35/h4-7,9-10,12,14-15,21H,3,8,11,13,16-20,22H2,1-2H3,(H,40,41)/b12-9-,15-14-,24-4+,27-5+. The minimum Gasteiger partial charge on any atom is -0.478 e. The first-order valence-electron chi connectivity index (χ1n) is 14.4. The van der Waals surface area contributed by atoms with Crippen molar-refractivity contribution in [1.29, 1.82) is 0 Å². The molecule has 3 aliphatic rings. The number of amides is 1. The number of piperidine rings is 1. The van der Waals surface area contributed by atoms with Crippen molar-refractivity contribution in [2.24, 2.45) is 0 Å². The summed E-state index contributed by atoms with van der Waals surface area (Å²) in [5.74, 6) is -1.36. The van der Waals surface area contributed by atoms with Crippen molar-refractivity contribution >= 4 is 17.8 Å². The predicted octanol–water partition coefficient (Wildman–Crippen LogP) is 6.50. The van der Waals surface area contributed by atoms with Gasteiger partial charge in [0.2, 0.25) is 0 Å². The molecule has 0 aromatic carbocycles. The van der Waals surface area contributed by atoms with E-state index in [0.29, 0.717) is 51.1 Å². The molecule has 2 fully saturated rings. The average molecular weight is 615 g/mol. The number of aromatic nitrogens is 2. The molecular formula is C32H37F3N4O5. The van der Waals surface area contributed by atoms with E-state index in [1.165, 1.54) is 42.2 Å². The second-order valence-electron chi connectivity index (χ2n) is 10.8. The molecule has 0 radical (unpaired) electrons. The minimum absolute atomic E-state index is 0.0908. The first-order valence-corrected chi connectivity index (χ1v) is 14.4. The molecule has 12 heteroatoms. The third-order valence-electron chi connectivity index (χ3n) is 7.77. The van der Waals surface area contributed by atoms with Gasteiger partial charge >= 0.3 is 18.4 Å². The molecule has 0 bridgehead atoms. The van der Waals surface area contributed by atoms with Gasteiger partial charge in [-0.3, -0.25) is 9.80 Å². The third-order valence-corrected chi connectivity index (χ3v) is 7.77. The van der Waals surface area contributed by atoms with Crippen LogP contribution in [0.25, 0.3) is 5.70 Å². The molecule has 1 spiro atoms. The minimum atomic E-state index is -4.77. The maximum Gasteiger partial charge on any atom is 0.573 e. The van der Waals surface area contributed by atoms with Gasteiger partial charge in [0, 0.05) is 62.1 Å². The molecule has 3 heterocycles. The van der Waals surface area contributed by atoms with Crippen molar-refractivity contribution in [3.63, 3.8) is 0 Å². The Bertz CT molecular complexity index is 1440. The van der Waals surface area contributed by atoms with Gasteiger partial charge in [-0.25, -0.2) is 14.3 Å². The van der Waals surface area contributed by atoms with Crippen LogP contribution < -0.4 is 0 Å². The molecule has 0 atom stereocenters. The van der Waals surface area contributed by atoms with Crippen LogP contribution >= 0.6 is 0 Å². The molecule has 9 nitrogen and oxygen atoms in total. The van der Waals surface area contributed by atoms with E-state index in [-0.39, 0.29) is 11.3 Å². The number of likely N-dealkylation sites (tertiary alicyclic amines) is 1. The molecule has 1 amide bonds. The number of carbonyl (C=O) groups is 2. The van der Waals surface area contributed by atoms with Gasteiger partial charge < -0.3 is 14.6 Å². The first-order chi connectivity index (χ1) is 20.9. The number of halogens is 3. The number of hydrogen-bond donors (Lipinski definition) is 1. The van der Waals surface area contributed by atoms with E-state index >= 15 is 0 Å². The Morgan fingerprint density at radius 3 is 2.57 bits per heavy atom. The lowest BCUT2D eigenvalue weighted by Crippen LogP contribution is -2.46. The van der Waals surface area contributed by atoms with Crippen LogP contribution in [0.4, 0.5) is 18.0 Å². The van der Waals surface area contributed by atoms with Crippen LogP contribution in [0.15, 0.2) is 84.5 Å². The van der Waals surface area contributed by atoms with E-state index in [1.54, 1.807) is 13.0 Å². The summed E-state index contributed by atoms with van der Waals surface area (Å²) in [6.45, 7) is 9.22. The molecule has 236 valence electrons. The Balaban J connectivity index is 1.42. The van der Waals surface area contributed by atoms with Crippen LogP contribution in [0.5, 0.6) is 0 Å². The largest absolute Gasteiger partial charge is 0.573 e. The highest BCUT2D eigenvalue weighted by molar-refractivity contribution is 5.89. The zero-order valence-electron chi connectivity index (χ0n) is 24.8. The molecule has 0 unspecified atom stereocenters. The summed E-state index contributed by atoms with van der Waals surface area (Å²) in [7, 11) is 0. The van der Waals surface area contributed by atoms with Gasteiger partial charge in [-0.1, -0.05) is 30.9 Å². The van der Waals surface area contributed by atoms with Crippen molar-refractivity contribution in [2.75, 3.05) is 19.6 Å². The van der Waals surface area contributed by atoms with Crippen LogP contribution in [0.1, 0.15) is 50.8 Å². The Morgan fingerprint density at radius 2 is 1.95 bits per heavy atom. The van der Waals surface area contributed by atoms with Crippen molar-refractivity contribution in [1.82, 2.24) is 19.6 Å². The van der Waals surface area contributed by atoms with Crippen LogP contribution in [-0.4, -0.2) is 68.3 Å². The molecule has 0 saturated carbocycles. The summed E-state index contributed by atoms with van der Waals surface area (Å²) in [5, 5.41) is 14.0. The molecule has 1 aromatic heterocycles. The number of aliphatic carboxylic acids is 1. The second kappa shape index (κ2) is 14.0. The lowest BCUT2D eigenvalue weighted by molar-refractivity contribution is -0.303. The number of ether oxygens (including phenoxy) is 2. The van der Waals surface area contributed by atoms with Crippen molar-refractivity contribution < 1.29 is 37.3 Å². The molecule has 1 aromatic rings. The zero-order valence-corrected chi connectivity index (χ0v) is 24.8. The number of allylic oxidation sites excluding steroid dienone is 9.